The summed E-state index contributed by atoms with van der Waals surface area (Å²) >= 11 is 12.0. The lowest BCUT2D eigenvalue weighted by molar-refractivity contribution is 0.101. The van der Waals surface area contributed by atoms with Crippen LogP contribution >= 0.6 is 23.2 Å². The minimum Gasteiger partial charge on any atom is -0.398 e. The molecule has 0 unspecified atom stereocenters. The van der Waals surface area contributed by atoms with Crippen molar-refractivity contribution >= 4 is 79.6 Å². The Balaban J connectivity index is 0.000000151. The first-order valence-corrected chi connectivity index (χ1v) is 25.0. The highest BCUT2D eigenvalue weighted by molar-refractivity contribution is 6.34. The summed E-state index contributed by atoms with van der Waals surface area (Å²) in [5.41, 5.74) is 30.6. The van der Waals surface area contributed by atoms with E-state index in [9.17, 15) is 28.0 Å². The molecule has 2 amide bonds. The number of halogens is 4. The lowest BCUT2D eigenvalue weighted by Crippen LogP contribution is -2.26. The summed E-state index contributed by atoms with van der Waals surface area (Å²) in [4.78, 5) is 58.6. The number of hydrogen-bond donors (Lipinski definition) is 6. The Kier molecular flexibility index (Phi) is 18.6. The van der Waals surface area contributed by atoms with Crippen molar-refractivity contribution in [2.75, 3.05) is 22.1 Å². The molecule has 0 spiro atoms. The molecule has 0 aliphatic carbocycles. The number of nitrogens with two attached hydrogens (primary N) is 4. The lowest BCUT2D eigenvalue weighted by atomic mass is 10.1. The Hall–Kier alpha value is -9.06. The van der Waals surface area contributed by atoms with Crippen molar-refractivity contribution in [1.82, 2.24) is 19.1 Å². The fourth-order valence-electron chi connectivity index (χ4n) is 8.32. The maximum Gasteiger partial charge on any atom is 0.269 e. The fourth-order valence-corrected chi connectivity index (χ4v) is 8.73. The van der Waals surface area contributed by atoms with E-state index in [0.717, 1.165) is 33.6 Å². The fraction of sp³-hybridized carbons (Fsp3) is 0.100. The van der Waals surface area contributed by atoms with E-state index in [4.69, 9.17) is 46.1 Å². The second-order valence-corrected chi connectivity index (χ2v) is 18.3. The first kappa shape index (κ1) is 56.7. The Morgan fingerprint density at radius 3 is 1.50 bits per heavy atom. The highest BCUT2D eigenvalue weighted by Crippen LogP contribution is 2.26. The van der Waals surface area contributed by atoms with Crippen LogP contribution in [0.3, 0.4) is 0 Å². The smallest absolute Gasteiger partial charge is 0.269 e. The number of benzene rings is 8. The van der Waals surface area contributed by atoms with E-state index in [1.54, 1.807) is 65.2 Å². The summed E-state index contributed by atoms with van der Waals surface area (Å²) in [7, 11) is 0. The van der Waals surface area contributed by atoms with Gasteiger partial charge >= 0.3 is 0 Å². The van der Waals surface area contributed by atoms with Crippen LogP contribution in [0.1, 0.15) is 54.6 Å². The number of rotatable bonds is 8. The van der Waals surface area contributed by atoms with Crippen LogP contribution in [0.25, 0.3) is 33.2 Å². The van der Waals surface area contributed by atoms with Gasteiger partial charge in [0.05, 0.1) is 67.7 Å². The third-order valence-corrected chi connectivity index (χ3v) is 12.9. The molecule has 396 valence electrons. The van der Waals surface area contributed by atoms with Gasteiger partial charge in [0.1, 0.15) is 28.7 Å². The van der Waals surface area contributed by atoms with Crippen molar-refractivity contribution in [2.24, 2.45) is 11.5 Å². The minimum atomic E-state index is -0.667. The molecule has 18 heteroatoms. The predicted molar refractivity (Wildman–Crippen MR) is 310 cm³/mol. The van der Waals surface area contributed by atoms with Gasteiger partial charge in [0.25, 0.3) is 22.9 Å². The topological polar surface area (TPSA) is 232 Å². The van der Waals surface area contributed by atoms with Gasteiger partial charge in [-0.05, 0) is 123 Å². The Bertz CT molecular complexity index is 3690. The Labute approximate surface area is 457 Å². The number of fused-ring (bicyclic) bond motifs is 2. The van der Waals surface area contributed by atoms with Gasteiger partial charge in [-0.3, -0.25) is 28.3 Å². The molecule has 0 atom stereocenters. The average molecular weight is 1090 g/mol. The highest BCUT2D eigenvalue weighted by atomic mass is 35.5. The lowest BCUT2D eigenvalue weighted by Gasteiger charge is -2.15. The van der Waals surface area contributed by atoms with E-state index in [0.29, 0.717) is 55.2 Å². The van der Waals surface area contributed by atoms with Crippen molar-refractivity contribution in [3.05, 3.63) is 257 Å². The molecule has 78 heavy (non-hydrogen) atoms. The number of nitrogens with zero attached hydrogens (tertiary/aromatic N) is 4. The molecule has 0 saturated carbocycles. The number of hydrogen-bond acceptors (Lipinski definition) is 10. The summed E-state index contributed by atoms with van der Waals surface area (Å²) in [6.07, 6.45) is 0. The van der Waals surface area contributed by atoms with Crippen LogP contribution in [0.4, 0.5) is 31.5 Å². The first-order valence-electron chi connectivity index (χ1n) is 24.2. The quantitative estimate of drug-likeness (QED) is 0.0788. The molecule has 0 fully saturated rings. The second kappa shape index (κ2) is 25.7. The first-order chi connectivity index (χ1) is 37.4. The molecule has 10 rings (SSSR count). The van der Waals surface area contributed by atoms with Crippen LogP contribution in [0.2, 0.25) is 10.0 Å². The standard InChI is InChI=1S/C17H17N3O.C15H11ClFN3O.C15H16N2O.C13H10ClFN2O/c1-11-6-3-4-9-14(11)20-15(10-18)19-13-8-5-7-12(2)16(13)17(20)21;16-9-4-1-2-7-12(9)20-13(8-18)19-11-6-3-5-10(17)14(11)15(20)21;1-10-6-3-4-9-13(10)17-15(18)14-11(2)7-5-8-12(14)16;14-8-4-1-2-7-11(8)17-13(18)12-9(15)5-3-6-10(12)16/h3-9H,10,18H2,1-2H3;1-7H,8,18H2;3-9H,16H2,1-2H3,(H,17,18);1-7H,16H2,(H,17,18). The Morgan fingerprint density at radius 1 is 0.474 bits per heavy atom. The summed E-state index contributed by atoms with van der Waals surface area (Å²) < 4.78 is 30.4. The molecule has 14 nitrogen and oxygen atoms in total. The van der Waals surface area contributed by atoms with E-state index in [1.807, 2.05) is 107 Å². The van der Waals surface area contributed by atoms with Crippen LogP contribution in [0.5, 0.6) is 0 Å². The van der Waals surface area contributed by atoms with Gasteiger partial charge < -0.3 is 33.6 Å². The molecule has 0 bridgehead atoms. The average Bonchev–Trinajstić information content (AvgIpc) is 3.54. The molecule has 10 N–H and O–H groups in total. The largest absolute Gasteiger partial charge is 0.398 e. The van der Waals surface area contributed by atoms with Crippen molar-refractivity contribution in [2.45, 2.75) is 40.8 Å². The number of carbonyl (C=O) groups excluding carboxylic acids is 2. The van der Waals surface area contributed by atoms with Crippen LogP contribution in [-0.2, 0) is 13.1 Å². The van der Waals surface area contributed by atoms with E-state index in [1.165, 1.54) is 34.9 Å². The van der Waals surface area contributed by atoms with Gasteiger partial charge in [-0.15, -0.1) is 0 Å². The second-order valence-electron chi connectivity index (χ2n) is 17.5. The third kappa shape index (κ3) is 12.8. The van der Waals surface area contributed by atoms with Gasteiger partial charge in [-0.25, -0.2) is 18.7 Å². The van der Waals surface area contributed by atoms with Crippen molar-refractivity contribution in [1.29, 1.82) is 0 Å². The SMILES string of the molecule is Cc1ccccc1-n1c(CN)nc2cccc(C)c2c1=O.Cc1ccccc1NC(=O)c1c(C)cccc1N.NCc1nc2cccc(F)c2c(=O)n1-c1ccccc1Cl.Nc1cccc(F)c1C(=O)Nc1ccccc1Cl. The molecule has 0 radical (unpaired) electrons. The maximum atomic E-state index is 14.0. The maximum absolute atomic E-state index is 14.0. The highest BCUT2D eigenvalue weighted by Gasteiger charge is 2.19. The minimum absolute atomic E-state index is 0.0346. The van der Waals surface area contributed by atoms with Crippen molar-refractivity contribution in [3.8, 4) is 11.4 Å². The normalized spacial score (nSPS) is 10.6. The molecule has 2 aromatic heterocycles. The summed E-state index contributed by atoms with van der Waals surface area (Å²) in [6.45, 7) is 7.99. The summed E-state index contributed by atoms with van der Waals surface area (Å²) in [5, 5.41) is 6.73. The van der Waals surface area contributed by atoms with Crippen LogP contribution in [-0.4, -0.2) is 30.9 Å². The number of nitrogens with one attached hydrogen (secondary N) is 2. The molecule has 8 aromatic carbocycles. The molecule has 0 aliphatic heterocycles. The van der Waals surface area contributed by atoms with E-state index in [2.05, 4.69) is 20.6 Å². The number of carbonyl (C=O) groups is 2. The number of nitrogen functional groups attached to an aromatic ring is 2. The zero-order chi connectivity index (χ0) is 56.2. The molecule has 10 aromatic rings. The summed E-state index contributed by atoms with van der Waals surface area (Å²) in [6, 6.07) is 48.4. The molecule has 0 aliphatic rings. The third-order valence-electron chi connectivity index (χ3n) is 12.2. The van der Waals surface area contributed by atoms with Gasteiger partial charge in [-0.1, -0.05) is 120 Å². The van der Waals surface area contributed by atoms with Crippen LogP contribution < -0.4 is 44.7 Å². The zero-order valence-electron chi connectivity index (χ0n) is 42.8. The monoisotopic (exact) mass is 1090 g/mol. The predicted octanol–water partition coefficient (Wildman–Crippen LogP) is 11.5. The van der Waals surface area contributed by atoms with E-state index < -0.39 is 23.1 Å². The molecular formula is C60H54Cl2F2N10O4. The number of para-hydroxylation sites is 4. The molecule has 0 saturated heterocycles. The van der Waals surface area contributed by atoms with E-state index in [-0.39, 0.29) is 46.7 Å². The number of aryl methyl sites for hydroxylation is 4. The molecular weight excluding hydrogens is 1030 g/mol. The van der Waals surface area contributed by atoms with Gasteiger partial charge in [-0.2, -0.15) is 0 Å². The van der Waals surface area contributed by atoms with Crippen LogP contribution in [0.15, 0.2) is 179 Å². The van der Waals surface area contributed by atoms with E-state index >= 15 is 0 Å². The van der Waals surface area contributed by atoms with Crippen LogP contribution in [0, 0.1) is 39.3 Å². The number of amides is 2. The van der Waals surface area contributed by atoms with Gasteiger partial charge in [0.15, 0.2) is 0 Å². The van der Waals surface area contributed by atoms with Crippen molar-refractivity contribution in [3.63, 3.8) is 0 Å². The zero-order valence-corrected chi connectivity index (χ0v) is 44.3. The summed E-state index contributed by atoms with van der Waals surface area (Å²) in [5.74, 6) is -1.17. The number of anilines is 4. The Morgan fingerprint density at radius 2 is 0.910 bits per heavy atom. The molecule has 2 heterocycles. The van der Waals surface area contributed by atoms with Gasteiger partial charge in [0, 0.05) is 17.1 Å². The van der Waals surface area contributed by atoms with Gasteiger partial charge in [0.2, 0.25) is 0 Å². The number of aromatic nitrogens is 4. The van der Waals surface area contributed by atoms with Crippen molar-refractivity contribution < 1.29 is 18.4 Å².